The van der Waals surface area contributed by atoms with Gasteiger partial charge in [0.25, 0.3) is 5.91 Å². The van der Waals surface area contributed by atoms with E-state index in [1.807, 2.05) is 91.8 Å². The van der Waals surface area contributed by atoms with Crippen LogP contribution in [0.25, 0.3) is 0 Å². The molecule has 1 amide bonds. The molecule has 4 nitrogen and oxygen atoms in total. The van der Waals surface area contributed by atoms with Crippen LogP contribution in [0.2, 0.25) is 5.02 Å². The highest BCUT2D eigenvalue weighted by Gasteiger charge is 2.33. The summed E-state index contributed by atoms with van der Waals surface area (Å²) < 4.78 is 0. The smallest absolute Gasteiger partial charge is 0.262 e. The normalized spacial score (nSPS) is 15.9. The lowest BCUT2D eigenvalue weighted by atomic mass is 10.0. The molecule has 0 aromatic heterocycles. The molecular formula is C22H20ClN3O. The van der Waals surface area contributed by atoms with Gasteiger partial charge in [0.1, 0.15) is 6.17 Å². The summed E-state index contributed by atoms with van der Waals surface area (Å²) in [5.74, 6) is -0.0260. The summed E-state index contributed by atoms with van der Waals surface area (Å²) in [5, 5.41) is 4.17. The number of hydrogen-bond acceptors (Lipinski definition) is 3. The zero-order valence-electron chi connectivity index (χ0n) is 15.2. The fraction of sp³-hybridized carbons (Fsp3) is 0.136. The highest BCUT2D eigenvalue weighted by molar-refractivity contribution is 6.30. The van der Waals surface area contributed by atoms with Gasteiger partial charge in [0.05, 0.1) is 5.56 Å². The first-order valence-electron chi connectivity index (χ1n) is 8.76. The predicted molar refractivity (Wildman–Crippen MR) is 112 cm³/mol. The second kappa shape index (κ2) is 6.97. The van der Waals surface area contributed by atoms with Gasteiger partial charge in [-0.15, -0.1) is 0 Å². The number of halogens is 1. The third-order valence-electron chi connectivity index (χ3n) is 4.76. The van der Waals surface area contributed by atoms with E-state index in [-0.39, 0.29) is 12.1 Å². The molecule has 3 aromatic rings. The summed E-state index contributed by atoms with van der Waals surface area (Å²) >= 11 is 6.06. The van der Waals surface area contributed by atoms with Crippen molar-refractivity contribution < 1.29 is 4.79 Å². The summed E-state index contributed by atoms with van der Waals surface area (Å²) in [6.07, 6.45) is -0.310. The Bertz CT molecular complexity index is 968. The second-order valence-corrected chi connectivity index (χ2v) is 7.17. The zero-order valence-corrected chi connectivity index (χ0v) is 15.9. The van der Waals surface area contributed by atoms with Crippen LogP contribution < -0.4 is 15.1 Å². The molecule has 1 N–H and O–H groups in total. The van der Waals surface area contributed by atoms with Crippen molar-refractivity contribution >= 4 is 34.6 Å². The van der Waals surface area contributed by atoms with Crippen LogP contribution in [0.15, 0.2) is 72.8 Å². The van der Waals surface area contributed by atoms with Crippen LogP contribution in [-0.4, -0.2) is 20.0 Å². The number of benzene rings is 3. The number of carbonyl (C=O) groups is 1. The molecule has 0 saturated carbocycles. The minimum atomic E-state index is -0.310. The van der Waals surface area contributed by atoms with Crippen molar-refractivity contribution in [1.82, 2.24) is 0 Å². The Labute approximate surface area is 164 Å². The first-order chi connectivity index (χ1) is 13.0. The van der Waals surface area contributed by atoms with Crippen LogP contribution in [0.5, 0.6) is 0 Å². The number of anilines is 3. The van der Waals surface area contributed by atoms with Gasteiger partial charge >= 0.3 is 0 Å². The Balaban J connectivity index is 1.81. The van der Waals surface area contributed by atoms with Gasteiger partial charge in [-0.1, -0.05) is 35.9 Å². The van der Waals surface area contributed by atoms with Crippen molar-refractivity contribution in [3.05, 3.63) is 88.9 Å². The van der Waals surface area contributed by atoms with Gasteiger partial charge in [0, 0.05) is 36.2 Å². The van der Waals surface area contributed by atoms with Crippen molar-refractivity contribution in [2.45, 2.75) is 6.17 Å². The average Bonchev–Trinajstić information content (AvgIpc) is 2.69. The fourth-order valence-electron chi connectivity index (χ4n) is 3.31. The van der Waals surface area contributed by atoms with E-state index in [0.29, 0.717) is 10.6 Å². The Hall–Kier alpha value is -2.98. The van der Waals surface area contributed by atoms with Crippen LogP contribution in [0.1, 0.15) is 22.1 Å². The van der Waals surface area contributed by atoms with E-state index in [2.05, 4.69) is 5.32 Å². The molecule has 1 aliphatic heterocycles. The molecule has 1 aliphatic rings. The lowest BCUT2D eigenvalue weighted by molar-refractivity contribution is 0.0975. The third-order valence-corrected chi connectivity index (χ3v) is 5.01. The molecule has 0 fully saturated rings. The predicted octanol–water partition coefficient (Wildman–Crippen LogP) is 5.18. The molecule has 1 heterocycles. The number of nitrogens with zero attached hydrogens (tertiary/aromatic N) is 2. The molecule has 5 heteroatoms. The number of hydrogen-bond donors (Lipinski definition) is 1. The quantitative estimate of drug-likeness (QED) is 0.683. The molecule has 0 saturated heterocycles. The zero-order chi connectivity index (χ0) is 19.0. The summed E-state index contributed by atoms with van der Waals surface area (Å²) in [7, 11) is 3.99. The summed E-state index contributed by atoms with van der Waals surface area (Å²) in [6.45, 7) is 0. The van der Waals surface area contributed by atoms with Crippen LogP contribution in [0.4, 0.5) is 17.1 Å². The van der Waals surface area contributed by atoms with E-state index in [4.69, 9.17) is 11.6 Å². The van der Waals surface area contributed by atoms with Gasteiger partial charge in [0.15, 0.2) is 0 Å². The molecule has 0 aliphatic carbocycles. The summed E-state index contributed by atoms with van der Waals surface area (Å²) in [5.41, 5.74) is 4.40. The van der Waals surface area contributed by atoms with Gasteiger partial charge in [-0.2, -0.15) is 0 Å². The molecule has 4 rings (SSSR count). The van der Waals surface area contributed by atoms with E-state index in [1.54, 1.807) is 4.90 Å². The van der Waals surface area contributed by atoms with Crippen molar-refractivity contribution in [2.75, 3.05) is 29.2 Å². The minimum absolute atomic E-state index is 0.0260. The largest absolute Gasteiger partial charge is 0.378 e. The average molecular weight is 378 g/mol. The van der Waals surface area contributed by atoms with Gasteiger partial charge < -0.3 is 10.2 Å². The van der Waals surface area contributed by atoms with Crippen LogP contribution in [-0.2, 0) is 0 Å². The van der Waals surface area contributed by atoms with Crippen molar-refractivity contribution in [3.63, 3.8) is 0 Å². The second-order valence-electron chi connectivity index (χ2n) is 6.73. The summed E-state index contributed by atoms with van der Waals surface area (Å²) in [6, 6.07) is 23.2. The lowest BCUT2D eigenvalue weighted by Crippen LogP contribution is -2.43. The maximum Gasteiger partial charge on any atom is 0.262 e. The number of amides is 1. The van der Waals surface area contributed by atoms with Crippen LogP contribution in [0, 0.1) is 0 Å². The number of carbonyl (C=O) groups excluding carboxylic acids is 1. The highest BCUT2D eigenvalue weighted by atomic mass is 35.5. The van der Waals surface area contributed by atoms with Crippen molar-refractivity contribution in [3.8, 4) is 0 Å². The Morgan fingerprint density at radius 1 is 0.926 bits per heavy atom. The SMILES string of the molecule is CN(C)c1ccc(N2C(=O)c3ccccc3NC2c2ccc(Cl)cc2)cc1. The van der Waals surface area contributed by atoms with Crippen molar-refractivity contribution in [2.24, 2.45) is 0 Å². The molecule has 136 valence electrons. The molecule has 1 atom stereocenters. The van der Waals surface area contributed by atoms with Gasteiger partial charge in [-0.3, -0.25) is 9.69 Å². The Morgan fingerprint density at radius 3 is 2.26 bits per heavy atom. The third kappa shape index (κ3) is 3.24. The molecule has 0 radical (unpaired) electrons. The standard InChI is InChI=1S/C22H20ClN3O/c1-25(2)17-11-13-18(14-12-17)26-21(15-7-9-16(23)10-8-15)24-20-6-4-3-5-19(20)22(26)27/h3-14,21,24H,1-2H3. The minimum Gasteiger partial charge on any atom is -0.378 e. The molecular weight excluding hydrogens is 358 g/mol. The first-order valence-corrected chi connectivity index (χ1v) is 9.14. The van der Waals surface area contributed by atoms with E-state index >= 15 is 0 Å². The Kier molecular flexibility index (Phi) is 4.50. The highest BCUT2D eigenvalue weighted by Crippen LogP contribution is 2.37. The van der Waals surface area contributed by atoms with E-state index in [1.165, 1.54) is 0 Å². The molecule has 0 spiro atoms. The van der Waals surface area contributed by atoms with Gasteiger partial charge in [-0.05, 0) is 54.1 Å². The monoisotopic (exact) mass is 377 g/mol. The van der Waals surface area contributed by atoms with Gasteiger partial charge in [0.2, 0.25) is 0 Å². The fourth-order valence-corrected chi connectivity index (χ4v) is 3.44. The lowest BCUT2D eigenvalue weighted by Gasteiger charge is -2.38. The summed E-state index contributed by atoms with van der Waals surface area (Å²) in [4.78, 5) is 17.2. The molecule has 3 aromatic carbocycles. The van der Waals surface area contributed by atoms with Gasteiger partial charge in [-0.25, -0.2) is 0 Å². The van der Waals surface area contributed by atoms with E-state index in [0.717, 1.165) is 22.6 Å². The number of nitrogens with one attached hydrogen (secondary N) is 1. The Morgan fingerprint density at radius 2 is 1.59 bits per heavy atom. The maximum atomic E-state index is 13.3. The maximum absolute atomic E-state index is 13.3. The molecule has 27 heavy (non-hydrogen) atoms. The number of para-hydroxylation sites is 1. The van der Waals surface area contributed by atoms with Crippen LogP contribution in [0.3, 0.4) is 0 Å². The molecule has 0 bridgehead atoms. The first kappa shape index (κ1) is 17.4. The molecule has 1 unspecified atom stereocenters. The number of fused-ring (bicyclic) bond motifs is 1. The van der Waals surface area contributed by atoms with E-state index in [9.17, 15) is 4.79 Å². The van der Waals surface area contributed by atoms with E-state index < -0.39 is 0 Å². The number of rotatable bonds is 3. The topological polar surface area (TPSA) is 35.6 Å². The van der Waals surface area contributed by atoms with Crippen LogP contribution >= 0.6 is 11.6 Å². The van der Waals surface area contributed by atoms with Crippen molar-refractivity contribution in [1.29, 1.82) is 0 Å².